The van der Waals surface area contributed by atoms with E-state index in [1.807, 2.05) is 0 Å². The van der Waals surface area contributed by atoms with Gasteiger partial charge in [-0.2, -0.15) is 0 Å². The lowest BCUT2D eigenvalue weighted by Crippen LogP contribution is -2.26. The Morgan fingerprint density at radius 1 is 1.69 bits per heavy atom. The van der Waals surface area contributed by atoms with Crippen molar-refractivity contribution in [3.05, 3.63) is 33.1 Å². The molecule has 1 atom stereocenters. The minimum atomic E-state index is -0.464. The van der Waals surface area contributed by atoms with Gasteiger partial charge < -0.3 is 5.73 Å². The molecule has 2 N–H and O–H groups in total. The number of nitrogens with zero attached hydrogens (tertiary/aromatic N) is 2. The number of hydrogen-bond acceptors (Lipinski definition) is 4. The van der Waals surface area contributed by atoms with Gasteiger partial charge >= 0.3 is 0 Å². The average molecular weight is 242 g/mol. The summed E-state index contributed by atoms with van der Waals surface area (Å²) in [5, 5.41) is 11.1. The van der Waals surface area contributed by atoms with Crippen LogP contribution in [-0.2, 0) is 6.42 Å². The summed E-state index contributed by atoms with van der Waals surface area (Å²) in [5.74, 6) is 0.497. The highest BCUT2D eigenvalue weighted by molar-refractivity contribution is 6.30. The molecule has 0 aliphatic heterocycles. The van der Waals surface area contributed by atoms with E-state index in [-0.39, 0.29) is 16.8 Å². The third kappa shape index (κ3) is 2.48. The molecule has 1 aromatic heterocycles. The summed E-state index contributed by atoms with van der Waals surface area (Å²) in [6.07, 6.45) is 4.09. The maximum Gasteiger partial charge on any atom is 0.292 e. The SMILES string of the molecule is NC(Cc1ncc(Cl)cc1[N+](=O)[O-])C1CC1. The van der Waals surface area contributed by atoms with E-state index in [2.05, 4.69) is 4.98 Å². The molecule has 0 amide bonds. The van der Waals surface area contributed by atoms with Crippen LogP contribution in [0.1, 0.15) is 18.5 Å². The highest BCUT2D eigenvalue weighted by Gasteiger charge is 2.30. The highest BCUT2D eigenvalue weighted by atomic mass is 35.5. The van der Waals surface area contributed by atoms with Crippen LogP contribution in [0.2, 0.25) is 5.02 Å². The lowest BCUT2D eigenvalue weighted by Gasteiger charge is -2.09. The molecule has 1 aromatic rings. The number of nitrogens with two attached hydrogens (primary N) is 1. The van der Waals surface area contributed by atoms with E-state index in [1.54, 1.807) is 0 Å². The van der Waals surface area contributed by atoms with Gasteiger partial charge in [0.05, 0.1) is 9.95 Å². The third-order valence-electron chi connectivity index (χ3n) is 2.77. The van der Waals surface area contributed by atoms with Gasteiger partial charge in [-0.15, -0.1) is 0 Å². The van der Waals surface area contributed by atoms with E-state index < -0.39 is 4.92 Å². The molecule has 1 aliphatic carbocycles. The first-order valence-corrected chi connectivity index (χ1v) is 5.50. The molecule has 1 heterocycles. The molecule has 0 saturated heterocycles. The first kappa shape index (κ1) is 11.3. The summed E-state index contributed by atoms with van der Waals surface area (Å²) >= 11 is 5.67. The van der Waals surface area contributed by atoms with Gasteiger partial charge in [0.1, 0.15) is 5.69 Å². The van der Waals surface area contributed by atoms with Crippen LogP contribution >= 0.6 is 11.6 Å². The van der Waals surface area contributed by atoms with Crippen LogP contribution in [0.4, 0.5) is 5.69 Å². The predicted octanol–water partition coefficient (Wildman–Crippen LogP) is 1.92. The smallest absolute Gasteiger partial charge is 0.292 e. The van der Waals surface area contributed by atoms with Gasteiger partial charge in [0.25, 0.3) is 5.69 Å². The molecule has 5 nitrogen and oxygen atoms in total. The Morgan fingerprint density at radius 2 is 2.38 bits per heavy atom. The fourth-order valence-corrected chi connectivity index (χ4v) is 1.84. The van der Waals surface area contributed by atoms with Crippen molar-refractivity contribution in [2.24, 2.45) is 11.7 Å². The van der Waals surface area contributed by atoms with Crippen LogP contribution in [0.3, 0.4) is 0 Å². The van der Waals surface area contributed by atoms with Crippen molar-refractivity contribution in [2.75, 3.05) is 0 Å². The third-order valence-corrected chi connectivity index (χ3v) is 2.97. The highest BCUT2D eigenvalue weighted by Crippen LogP contribution is 2.33. The molecular weight excluding hydrogens is 230 g/mol. The molecule has 1 saturated carbocycles. The standard InChI is InChI=1S/C10H12ClN3O2/c11-7-3-10(14(15)16)9(13-5-7)4-8(12)6-1-2-6/h3,5-6,8H,1-2,4,12H2. The second kappa shape index (κ2) is 4.35. The molecule has 16 heavy (non-hydrogen) atoms. The number of hydrogen-bond donors (Lipinski definition) is 1. The second-order valence-electron chi connectivity index (χ2n) is 4.08. The summed E-state index contributed by atoms with van der Waals surface area (Å²) in [7, 11) is 0. The van der Waals surface area contributed by atoms with Crippen LogP contribution in [0.5, 0.6) is 0 Å². The van der Waals surface area contributed by atoms with Gasteiger partial charge in [-0.05, 0) is 18.8 Å². The lowest BCUT2D eigenvalue weighted by molar-refractivity contribution is -0.385. The largest absolute Gasteiger partial charge is 0.327 e. The number of nitro groups is 1. The molecule has 1 fully saturated rings. The Hall–Kier alpha value is -1.20. The van der Waals surface area contributed by atoms with Crippen molar-refractivity contribution in [2.45, 2.75) is 25.3 Å². The van der Waals surface area contributed by atoms with Crippen molar-refractivity contribution >= 4 is 17.3 Å². The van der Waals surface area contributed by atoms with E-state index in [4.69, 9.17) is 17.3 Å². The zero-order chi connectivity index (χ0) is 11.7. The molecule has 86 valence electrons. The van der Waals surface area contributed by atoms with E-state index in [1.165, 1.54) is 12.3 Å². The second-order valence-corrected chi connectivity index (χ2v) is 4.52. The predicted molar refractivity (Wildman–Crippen MR) is 60.3 cm³/mol. The van der Waals surface area contributed by atoms with Crippen LogP contribution < -0.4 is 5.73 Å². The number of rotatable bonds is 4. The molecule has 1 unspecified atom stereocenters. The number of halogens is 1. The molecule has 0 aromatic carbocycles. The fourth-order valence-electron chi connectivity index (χ4n) is 1.69. The zero-order valence-corrected chi connectivity index (χ0v) is 9.35. The summed E-state index contributed by atoms with van der Waals surface area (Å²) < 4.78 is 0. The monoisotopic (exact) mass is 241 g/mol. The first-order chi connectivity index (χ1) is 7.58. The molecule has 2 rings (SSSR count). The van der Waals surface area contributed by atoms with Gasteiger partial charge in [-0.25, -0.2) is 0 Å². The summed E-state index contributed by atoms with van der Waals surface area (Å²) in [6.45, 7) is 0. The normalized spacial score (nSPS) is 17.1. The van der Waals surface area contributed by atoms with Gasteiger partial charge in [0.15, 0.2) is 0 Å². The van der Waals surface area contributed by atoms with E-state index in [9.17, 15) is 10.1 Å². The molecule has 1 aliphatic rings. The molecule has 0 spiro atoms. The average Bonchev–Trinajstić information content (AvgIpc) is 3.03. The van der Waals surface area contributed by atoms with Crippen molar-refractivity contribution < 1.29 is 4.92 Å². The number of aromatic nitrogens is 1. The summed E-state index contributed by atoms with van der Waals surface area (Å²) in [4.78, 5) is 14.3. The van der Waals surface area contributed by atoms with E-state index in [0.29, 0.717) is 18.0 Å². The maximum absolute atomic E-state index is 10.8. The molecule has 0 radical (unpaired) electrons. The van der Waals surface area contributed by atoms with Crippen LogP contribution in [0, 0.1) is 16.0 Å². The summed E-state index contributed by atoms with van der Waals surface area (Å²) in [6, 6.07) is 1.29. The minimum absolute atomic E-state index is 0.0348. The first-order valence-electron chi connectivity index (χ1n) is 5.12. The quantitative estimate of drug-likeness (QED) is 0.645. The van der Waals surface area contributed by atoms with Crippen molar-refractivity contribution in [3.8, 4) is 0 Å². The van der Waals surface area contributed by atoms with E-state index >= 15 is 0 Å². The Labute approximate surface area is 97.8 Å². The maximum atomic E-state index is 10.8. The minimum Gasteiger partial charge on any atom is -0.327 e. The Kier molecular flexibility index (Phi) is 3.07. The van der Waals surface area contributed by atoms with Gasteiger partial charge in [-0.3, -0.25) is 15.1 Å². The topological polar surface area (TPSA) is 82.0 Å². The van der Waals surface area contributed by atoms with Crippen molar-refractivity contribution in [1.29, 1.82) is 0 Å². The van der Waals surface area contributed by atoms with E-state index in [0.717, 1.165) is 12.8 Å². The Balaban J connectivity index is 2.21. The van der Waals surface area contributed by atoms with Gasteiger partial charge in [0, 0.05) is 24.7 Å². The van der Waals surface area contributed by atoms with Gasteiger partial charge in [-0.1, -0.05) is 11.6 Å². The van der Waals surface area contributed by atoms with Crippen LogP contribution in [-0.4, -0.2) is 15.9 Å². The van der Waals surface area contributed by atoms with Crippen molar-refractivity contribution in [3.63, 3.8) is 0 Å². The lowest BCUT2D eigenvalue weighted by atomic mass is 10.1. The molecule has 0 bridgehead atoms. The van der Waals surface area contributed by atoms with Crippen molar-refractivity contribution in [1.82, 2.24) is 4.98 Å². The molecular formula is C10H12ClN3O2. The fraction of sp³-hybridized carbons (Fsp3) is 0.500. The Morgan fingerprint density at radius 3 is 2.94 bits per heavy atom. The Bertz CT molecular complexity index is 421. The summed E-state index contributed by atoms with van der Waals surface area (Å²) in [5.41, 5.74) is 6.31. The van der Waals surface area contributed by atoms with Crippen LogP contribution in [0.25, 0.3) is 0 Å². The molecule has 6 heteroatoms. The van der Waals surface area contributed by atoms with Crippen LogP contribution in [0.15, 0.2) is 12.3 Å². The zero-order valence-electron chi connectivity index (χ0n) is 8.60. The number of pyridine rings is 1. The van der Waals surface area contributed by atoms with Gasteiger partial charge in [0.2, 0.25) is 0 Å².